The molecule has 0 spiro atoms. The molecule has 20 heavy (non-hydrogen) atoms. The molecule has 0 amide bonds. The molecular formula is C18H23NO. The topological polar surface area (TPSA) is 46.2 Å². The first kappa shape index (κ1) is 14.8. The van der Waals surface area contributed by atoms with E-state index < -0.39 is 6.10 Å². The third kappa shape index (κ3) is 3.27. The zero-order chi connectivity index (χ0) is 14.5. The van der Waals surface area contributed by atoms with E-state index in [4.69, 9.17) is 5.73 Å². The molecule has 3 N–H and O–H groups in total. The zero-order valence-electron chi connectivity index (χ0n) is 12.1. The molecule has 2 aromatic rings. The molecular weight excluding hydrogens is 246 g/mol. The molecule has 2 rings (SSSR count). The summed E-state index contributed by atoms with van der Waals surface area (Å²) < 4.78 is 0. The molecule has 0 aliphatic heterocycles. The van der Waals surface area contributed by atoms with Crippen LogP contribution in [0.5, 0.6) is 0 Å². The van der Waals surface area contributed by atoms with Crippen molar-refractivity contribution in [1.82, 2.24) is 0 Å². The summed E-state index contributed by atoms with van der Waals surface area (Å²) in [7, 11) is 0. The highest BCUT2D eigenvalue weighted by atomic mass is 16.3. The lowest BCUT2D eigenvalue weighted by Crippen LogP contribution is -2.43. The van der Waals surface area contributed by atoms with Gasteiger partial charge in [-0.25, -0.2) is 0 Å². The summed E-state index contributed by atoms with van der Waals surface area (Å²) in [5.74, 6) is 0.148. The van der Waals surface area contributed by atoms with Gasteiger partial charge in [0.25, 0.3) is 0 Å². The summed E-state index contributed by atoms with van der Waals surface area (Å²) in [6.07, 6.45) is -0.597. The second-order valence-electron chi connectivity index (χ2n) is 5.61. The van der Waals surface area contributed by atoms with E-state index >= 15 is 0 Å². The van der Waals surface area contributed by atoms with Crippen LogP contribution in [0.2, 0.25) is 0 Å². The second-order valence-corrected chi connectivity index (χ2v) is 5.61. The lowest BCUT2D eigenvalue weighted by Gasteiger charge is -2.30. The standard InChI is InChI=1S/C18H23NO/c1-13(2)17(19)18(20)16(14-9-5-3-6-10-14)15-11-7-4-8-12-15/h3-13,16-18,20H,19H2,1-2H3. The average Bonchev–Trinajstić information content (AvgIpc) is 2.48. The smallest absolute Gasteiger partial charge is 0.0802 e. The van der Waals surface area contributed by atoms with Crippen molar-refractivity contribution in [3.8, 4) is 0 Å². The van der Waals surface area contributed by atoms with Crippen LogP contribution in [0.1, 0.15) is 30.9 Å². The first-order chi connectivity index (χ1) is 9.61. The Morgan fingerprint density at radius 2 is 1.20 bits per heavy atom. The van der Waals surface area contributed by atoms with E-state index in [-0.39, 0.29) is 17.9 Å². The van der Waals surface area contributed by atoms with Crippen LogP contribution in [0.4, 0.5) is 0 Å². The van der Waals surface area contributed by atoms with E-state index in [9.17, 15) is 5.11 Å². The van der Waals surface area contributed by atoms with Gasteiger partial charge in [0.15, 0.2) is 0 Å². The number of nitrogens with two attached hydrogens (primary N) is 1. The Balaban J connectivity index is 2.40. The van der Waals surface area contributed by atoms with Crippen molar-refractivity contribution in [2.24, 2.45) is 11.7 Å². The van der Waals surface area contributed by atoms with Crippen molar-refractivity contribution in [1.29, 1.82) is 0 Å². The van der Waals surface area contributed by atoms with Gasteiger partial charge in [-0.05, 0) is 17.0 Å². The van der Waals surface area contributed by atoms with E-state index in [2.05, 4.69) is 0 Å². The maximum Gasteiger partial charge on any atom is 0.0802 e. The van der Waals surface area contributed by atoms with Crippen LogP contribution < -0.4 is 5.73 Å². The number of rotatable bonds is 5. The summed E-state index contributed by atoms with van der Waals surface area (Å²) in [4.78, 5) is 0. The molecule has 0 saturated heterocycles. The van der Waals surface area contributed by atoms with Crippen molar-refractivity contribution in [2.75, 3.05) is 0 Å². The van der Waals surface area contributed by atoms with Gasteiger partial charge in [-0.15, -0.1) is 0 Å². The predicted octanol–water partition coefficient (Wildman–Crippen LogP) is 3.16. The van der Waals surface area contributed by atoms with Crippen LogP contribution in [0.15, 0.2) is 60.7 Å². The number of hydrogen-bond acceptors (Lipinski definition) is 2. The average molecular weight is 269 g/mol. The van der Waals surface area contributed by atoms with Crippen molar-refractivity contribution in [2.45, 2.75) is 31.9 Å². The van der Waals surface area contributed by atoms with Crippen LogP contribution in [-0.2, 0) is 0 Å². The summed E-state index contributed by atoms with van der Waals surface area (Å²) in [5, 5.41) is 10.7. The normalized spacial score (nSPS) is 14.5. The minimum Gasteiger partial charge on any atom is -0.391 e. The maximum atomic E-state index is 10.7. The zero-order valence-corrected chi connectivity index (χ0v) is 12.1. The molecule has 2 heteroatoms. The van der Waals surface area contributed by atoms with Crippen molar-refractivity contribution >= 4 is 0 Å². The Morgan fingerprint density at radius 1 is 0.800 bits per heavy atom. The first-order valence-electron chi connectivity index (χ1n) is 7.14. The van der Waals surface area contributed by atoms with Crippen LogP contribution in [-0.4, -0.2) is 17.3 Å². The van der Waals surface area contributed by atoms with Crippen LogP contribution >= 0.6 is 0 Å². The second kappa shape index (κ2) is 6.69. The molecule has 0 aliphatic carbocycles. The minimum atomic E-state index is -0.597. The van der Waals surface area contributed by atoms with E-state index in [1.165, 1.54) is 0 Å². The van der Waals surface area contributed by atoms with Gasteiger partial charge in [-0.3, -0.25) is 0 Å². The number of aliphatic hydroxyl groups excluding tert-OH is 1. The van der Waals surface area contributed by atoms with Gasteiger partial charge in [-0.1, -0.05) is 74.5 Å². The van der Waals surface area contributed by atoms with Crippen LogP contribution in [0.3, 0.4) is 0 Å². The fourth-order valence-corrected chi connectivity index (χ4v) is 2.52. The van der Waals surface area contributed by atoms with Gasteiger partial charge in [0.05, 0.1) is 6.10 Å². The minimum absolute atomic E-state index is 0.0881. The van der Waals surface area contributed by atoms with Crippen LogP contribution in [0, 0.1) is 5.92 Å². The van der Waals surface area contributed by atoms with Crippen LogP contribution in [0.25, 0.3) is 0 Å². The lowest BCUT2D eigenvalue weighted by molar-refractivity contribution is 0.108. The molecule has 2 aromatic carbocycles. The maximum absolute atomic E-state index is 10.7. The largest absolute Gasteiger partial charge is 0.391 e. The van der Waals surface area contributed by atoms with E-state index in [0.717, 1.165) is 11.1 Å². The quantitative estimate of drug-likeness (QED) is 0.876. The van der Waals surface area contributed by atoms with Gasteiger partial charge in [0.2, 0.25) is 0 Å². The number of aliphatic hydroxyl groups is 1. The molecule has 0 heterocycles. The molecule has 2 nitrogen and oxygen atoms in total. The Hall–Kier alpha value is -1.64. The van der Waals surface area contributed by atoms with E-state index in [1.807, 2.05) is 74.5 Å². The SMILES string of the molecule is CC(C)C(N)C(O)C(c1ccccc1)c1ccccc1. The van der Waals surface area contributed by atoms with Gasteiger partial charge < -0.3 is 10.8 Å². The lowest BCUT2D eigenvalue weighted by atomic mass is 9.81. The van der Waals surface area contributed by atoms with Crippen molar-refractivity contribution < 1.29 is 5.11 Å². The highest BCUT2D eigenvalue weighted by Crippen LogP contribution is 2.30. The molecule has 0 fully saturated rings. The molecule has 0 saturated carbocycles. The molecule has 0 radical (unpaired) electrons. The van der Waals surface area contributed by atoms with Crippen molar-refractivity contribution in [3.05, 3.63) is 71.8 Å². The monoisotopic (exact) mass is 269 g/mol. The summed E-state index contributed by atoms with van der Waals surface area (Å²) >= 11 is 0. The summed E-state index contributed by atoms with van der Waals surface area (Å²) in [5.41, 5.74) is 8.38. The molecule has 2 atom stereocenters. The Labute approximate surface area is 121 Å². The third-order valence-electron chi connectivity index (χ3n) is 3.82. The predicted molar refractivity (Wildman–Crippen MR) is 83.5 cm³/mol. The molecule has 0 bridgehead atoms. The number of benzene rings is 2. The van der Waals surface area contributed by atoms with Gasteiger partial charge in [0, 0.05) is 12.0 Å². The Kier molecular flexibility index (Phi) is 4.94. The highest BCUT2D eigenvalue weighted by molar-refractivity contribution is 5.34. The van der Waals surface area contributed by atoms with E-state index in [0.29, 0.717) is 0 Å². The molecule has 0 aromatic heterocycles. The Bertz CT molecular complexity index is 470. The molecule has 106 valence electrons. The van der Waals surface area contributed by atoms with Crippen molar-refractivity contribution in [3.63, 3.8) is 0 Å². The highest BCUT2D eigenvalue weighted by Gasteiger charge is 2.29. The first-order valence-corrected chi connectivity index (χ1v) is 7.14. The Morgan fingerprint density at radius 3 is 1.55 bits per heavy atom. The molecule has 0 aliphatic rings. The van der Waals surface area contributed by atoms with E-state index in [1.54, 1.807) is 0 Å². The van der Waals surface area contributed by atoms with Gasteiger partial charge in [0.1, 0.15) is 0 Å². The van der Waals surface area contributed by atoms with Gasteiger partial charge >= 0.3 is 0 Å². The fraction of sp³-hybridized carbons (Fsp3) is 0.333. The fourth-order valence-electron chi connectivity index (χ4n) is 2.52. The summed E-state index contributed by atoms with van der Waals surface area (Å²) in [6.45, 7) is 4.09. The van der Waals surface area contributed by atoms with Gasteiger partial charge in [-0.2, -0.15) is 0 Å². The number of hydrogen-bond donors (Lipinski definition) is 2. The molecule has 2 unspecified atom stereocenters. The summed E-state index contributed by atoms with van der Waals surface area (Å²) in [6, 6.07) is 19.9. The third-order valence-corrected chi connectivity index (χ3v) is 3.82.